The first kappa shape index (κ1) is 19.2. The Morgan fingerprint density at radius 3 is 2.63 bits per heavy atom. The van der Waals surface area contributed by atoms with E-state index >= 15 is 0 Å². The largest absolute Gasteiger partial charge is 0.497 e. The van der Waals surface area contributed by atoms with Crippen molar-refractivity contribution in [2.24, 2.45) is 5.10 Å². The Hall–Kier alpha value is -2.76. The zero-order valence-electron chi connectivity index (χ0n) is 16.0. The van der Waals surface area contributed by atoms with Crippen molar-refractivity contribution in [1.82, 2.24) is 5.01 Å². The second kappa shape index (κ2) is 7.49. The van der Waals surface area contributed by atoms with Crippen LogP contribution in [-0.4, -0.2) is 17.8 Å². The second-order valence-electron chi connectivity index (χ2n) is 7.16. The van der Waals surface area contributed by atoms with Gasteiger partial charge in [-0.05, 0) is 60.2 Å². The third-order valence-electron chi connectivity index (χ3n) is 5.42. The fourth-order valence-corrected chi connectivity index (χ4v) is 4.39. The van der Waals surface area contributed by atoms with Gasteiger partial charge in [-0.1, -0.05) is 29.3 Å². The molecule has 2 aliphatic rings. The van der Waals surface area contributed by atoms with E-state index in [1.807, 2.05) is 36.4 Å². The normalized spacial score (nSPS) is 19.6. The van der Waals surface area contributed by atoms with Crippen molar-refractivity contribution < 1.29 is 13.9 Å². The van der Waals surface area contributed by atoms with E-state index in [1.54, 1.807) is 30.3 Å². The molecule has 4 nitrogen and oxygen atoms in total. The smallest absolute Gasteiger partial charge is 0.218 e. The second-order valence-corrected chi connectivity index (χ2v) is 8.01. The van der Waals surface area contributed by atoms with Crippen molar-refractivity contribution in [3.8, 4) is 11.5 Å². The van der Waals surface area contributed by atoms with Crippen molar-refractivity contribution in [2.75, 3.05) is 7.11 Å². The first-order valence-electron chi connectivity index (χ1n) is 9.45. The van der Waals surface area contributed by atoms with Gasteiger partial charge in [0.25, 0.3) is 0 Å². The highest BCUT2D eigenvalue weighted by atomic mass is 35.5. The average molecular weight is 443 g/mol. The molecule has 0 fully saturated rings. The van der Waals surface area contributed by atoms with Crippen LogP contribution in [0.4, 0.5) is 4.39 Å². The molecule has 2 heterocycles. The summed E-state index contributed by atoms with van der Waals surface area (Å²) in [5.74, 6) is 0.986. The lowest BCUT2D eigenvalue weighted by molar-refractivity contribution is -0.0211. The zero-order chi connectivity index (χ0) is 20.8. The van der Waals surface area contributed by atoms with Gasteiger partial charge in [-0.3, -0.25) is 0 Å². The first-order valence-corrected chi connectivity index (χ1v) is 10.2. The Morgan fingerprint density at radius 2 is 1.90 bits per heavy atom. The molecule has 7 heteroatoms. The Labute approximate surface area is 183 Å². The zero-order valence-corrected chi connectivity index (χ0v) is 17.5. The highest BCUT2D eigenvalue weighted by molar-refractivity contribution is 6.31. The summed E-state index contributed by atoms with van der Waals surface area (Å²) in [5.41, 5.74) is 3.02. The van der Waals surface area contributed by atoms with Crippen LogP contribution in [0, 0.1) is 5.82 Å². The molecule has 0 spiro atoms. The minimum atomic E-state index is -0.784. The van der Waals surface area contributed by atoms with Crippen molar-refractivity contribution in [3.05, 3.63) is 93.2 Å². The maximum absolute atomic E-state index is 14.8. The lowest BCUT2D eigenvalue weighted by Crippen LogP contribution is -2.34. The minimum absolute atomic E-state index is 0.148. The van der Waals surface area contributed by atoms with Gasteiger partial charge >= 0.3 is 0 Å². The SMILES string of the molecule is COc1ccc(C2=NN3[C@H](C2)c2cc(Cl)ccc2O[C@H]3c2c(F)cccc2Cl)cc1. The summed E-state index contributed by atoms with van der Waals surface area (Å²) in [7, 11) is 1.63. The third kappa shape index (κ3) is 3.18. The molecule has 0 saturated carbocycles. The molecule has 0 saturated heterocycles. The Morgan fingerprint density at radius 1 is 1.10 bits per heavy atom. The van der Waals surface area contributed by atoms with Gasteiger partial charge in [0.05, 0.1) is 29.4 Å². The fourth-order valence-electron chi connectivity index (χ4n) is 3.95. The molecule has 3 aromatic rings. The number of hydrogen-bond acceptors (Lipinski definition) is 4. The molecular weight excluding hydrogens is 426 g/mol. The minimum Gasteiger partial charge on any atom is -0.497 e. The van der Waals surface area contributed by atoms with Crippen LogP contribution in [0.5, 0.6) is 11.5 Å². The van der Waals surface area contributed by atoms with E-state index in [1.165, 1.54) is 6.07 Å². The molecular formula is C23H17Cl2FN2O2. The van der Waals surface area contributed by atoms with Crippen LogP contribution < -0.4 is 9.47 Å². The van der Waals surface area contributed by atoms with E-state index in [9.17, 15) is 4.39 Å². The topological polar surface area (TPSA) is 34.1 Å². The number of rotatable bonds is 3. The summed E-state index contributed by atoms with van der Waals surface area (Å²) in [6.07, 6.45) is -0.154. The molecule has 2 aliphatic heterocycles. The molecule has 30 heavy (non-hydrogen) atoms. The summed E-state index contributed by atoms with van der Waals surface area (Å²) in [4.78, 5) is 0. The van der Waals surface area contributed by atoms with E-state index in [2.05, 4.69) is 0 Å². The summed E-state index contributed by atoms with van der Waals surface area (Å²) in [6, 6.07) is 17.6. The van der Waals surface area contributed by atoms with Gasteiger partial charge in [-0.2, -0.15) is 5.10 Å². The number of benzene rings is 3. The molecule has 5 rings (SSSR count). The lowest BCUT2D eigenvalue weighted by Gasteiger charge is -2.38. The quantitative estimate of drug-likeness (QED) is 0.471. The highest BCUT2D eigenvalue weighted by Crippen LogP contribution is 2.49. The molecule has 0 radical (unpaired) electrons. The van der Waals surface area contributed by atoms with Crippen molar-refractivity contribution >= 4 is 28.9 Å². The molecule has 0 aromatic heterocycles. The predicted molar refractivity (Wildman–Crippen MR) is 115 cm³/mol. The monoisotopic (exact) mass is 442 g/mol. The number of fused-ring (bicyclic) bond motifs is 3. The van der Waals surface area contributed by atoms with Gasteiger partial charge in [0.2, 0.25) is 6.23 Å². The number of nitrogens with zero attached hydrogens (tertiary/aromatic N) is 2. The lowest BCUT2D eigenvalue weighted by atomic mass is 9.96. The first-order chi connectivity index (χ1) is 14.5. The van der Waals surface area contributed by atoms with Gasteiger partial charge in [0.1, 0.15) is 17.3 Å². The highest BCUT2D eigenvalue weighted by Gasteiger charge is 2.42. The van der Waals surface area contributed by atoms with Crippen molar-refractivity contribution in [3.63, 3.8) is 0 Å². The molecule has 152 valence electrons. The van der Waals surface area contributed by atoms with Crippen molar-refractivity contribution in [1.29, 1.82) is 0 Å². The van der Waals surface area contributed by atoms with Crippen LogP contribution in [0.2, 0.25) is 10.0 Å². The van der Waals surface area contributed by atoms with Gasteiger partial charge in [-0.25, -0.2) is 9.40 Å². The van der Waals surface area contributed by atoms with Gasteiger partial charge in [0, 0.05) is 17.0 Å². The van der Waals surface area contributed by atoms with Crippen LogP contribution in [0.1, 0.15) is 35.4 Å². The number of hydrazone groups is 1. The number of ether oxygens (including phenoxy) is 2. The number of halogens is 3. The number of hydrogen-bond donors (Lipinski definition) is 0. The molecule has 0 unspecified atom stereocenters. The van der Waals surface area contributed by atoms with Gasteiger partial charge < -0.3 is 9.47 Å². The molecule has 0 N–H and O–H groups in total. The van der Waals surface area contributed by atoms with Crippen LogP contribution in [-0.2, 0) is 0 Å². The number of methoxy groups -OCH3 is 1. The summed E-state index contributed by atoms with van der Waals surface area (Å²) >= 11 is 12.6. The standard InChI is InChI=1S/C23H17Cl2FN2O2/c1-29-15-8-5-13(6-9-15)19-12-20-16-11-14(24)7-10-21(16)30-23(28(20)27-19)22-17(25)3-2-4-18(22)26/h2-11,20,23H,12H2,1H3/t20-,23+/m1/s1. The molecule has 3 aromatic carbocycles. The predicted octanol–water partition coefficient (Wildman–Crippen LogP) is 6.38. The van der Waals surface area contributed by atoms with E-state index < -0.39 is 12.0 Å². The third-order valence-corrected chi connectivity index (χ3v) is 5.99. The average Bonchev–Trinajstić information content (AvgIpc) is 3.20. The fraction of sp³-hybridized carbons (Fsp3) is 0.174. The van der Waals surface area contributed by atoms with E-state index in [0.29, 0.717) is 22.2 Å². The molecule has 2 atom stereocenters. The van der Waals surface area contributed by atoms with Crippen molar-refractivity contribution in [2.45, 2.75) is 18.7 Å². The van der Waals surface area contributed by atoms with E-state index in [4.69, 9.17) is 37.8 Å². The van der Waals surface area contributed by atoms with Crippen LogP contribution in [0.15, 0.2) is 65.8 Å². The van der Waals surface area contributed by atoms with E-state index in [0.717, 1.165) is 22.6 Å². The van der Waals surface area contributed by atoms with E-state index in [-0.39, 0.29) is 11.6 Å². The molecule has 0 bridgehead atoms. The van der Waals surface area contributed by atoms with Crippen LogP contribution in [0.3, 0.4) is 0 Å². The van der Waals surface area contributed by atoms with Crippen LogP contribution >= 0.6 is 23.2 Å². The summed E-state index contributed by atoms with van der Waals surface area (Å²) < 4.78 is 26.2. The summed E-state index contributed by atoms with van der Waals surface area (Å²) in [5, 5.41) is 7.50. The summed E-state index contributed by atoms with van der Waals surface area (Å²) in [6.45, 7) is 0. The van der Waals surface area contributed by atoms with Crippen LogP contribution in [0.25, 0.3) is 0 Å². The van der Waals surface area contributed by atoms with Gasteiger partial charge in [0.15, 0.2) is 0 Å². The van der Waals surface area contributed by atoms with Gasteiger partial charge in [-0.15, -0.1) is 0 Å². The maximum Gasteiger partial charge on any atom is 0.218 e. The Balaban J connectivity index is 1.62. The Bertz CT molecular complexity index is 1130. The maximum atomic E-state index is 14.8. The molecule has 0 aliphatic carbocycles. The Kier molecular flexibility index (Phi) is 4.80. The molecule has 0 amide bonds.